The fourth-order valence-electron chi connectivity index (χ4n) is 3.10. The Bertz CT molecular complexity index is 912. The van der Waals surface area contributed by atoms with Gasteiger partial charge in [0.2, 0.25) is 5.91 Å². The third kappa shape index (κ3) is 4.21. The summed E-state index contributed by atoms with van der Waals surface area (Å²) in [6, 6.07) is 4.91. The molecule has 2 amide bonds. The number of hydrogen-bond donors (Lipinski definition) is 1. The Morgan fingerprint density at radius 2 is 1.89 bits per heavy atom. The summed E-state index contributed by atoms with van der Waals surface area (Å²) in [4.78, 5) is 46.2. The number of aryl methyl sites for hydroxylation is 2. The number of nitrogens with zero attached hydrogens (tertiary/aromatic N) is 3. The van der Waals surface area contributed by atoms with Crippen LogP contribution in [0.2, 0.25) is 0 Å². The summed E-state index contributed by atoms with van der Waals surface area (Å²) in [5.74, 6) is -1.69. The van der Waals surface area contributed by atoms with Gasteiger partial charge in [-0.2, -0.15) is 0 Å². The highest BCUT2D eigenvalue weighted by Gasteiger charge is 2.27. The van der Waals surface area contributed by atoms with Gasteiger partial charge in [-0.3, -0.25) is 9.59 Å². The van der Waals surface area contributed by atoms with Crippen LogP contribution in [0, 0.1) is 19.8 Å². The number of hydrogen-bond acceptors (Lipinski definition) is 6. The highest BCUT2D eigenvalue weighted by atomic mass is 16.5. The van der Waals surface area contributed by atoms with Gasteiger partial charge in [-0.05, 0) is 44.9 Å². The Kier molecular flexibility index (Phi) is 5.34. The number of likely N-dealkylation sites (tertiary alicyclic amines) is 1. The average Bonchev–Trinajstić information content (AvgIpc) is 2.66. The van der Waals surface area contributed by atoms with Crippen molar-refractivity contribution in [2.45, 2.75) is 26.7 Å². The second-order valence-electron chi connectivity index (χ2n) is 6.76. The summed E-state index contributed by atoms with van der Waals surface area (Å²) < 4.78 is 5.15. The van der Waals surface area contributed by atoms with Crippen molar-refractivity contribution >= 4 is 28.8 Å². The number of carbonyl (C=O) groups excluding carboxylic acids is 3. The molecule has 2 heterocycles. The van der Waals surface area contributed by atoms with Gasteiger partial charge in [-0.1, -0.05) is 0 Å². The van der Waals surface area contributed by atoms with Crippen LogP contribution in [0.4, 0.5) is 0 Å². The molecule has 1 aliphatic rings. The number of rotatable bonds is 4. The molecule has 1 aromatic carbocycles. The molecule has 8 nitrogen and oxygen atoms in total. The molecule has 0 bridgehead atoms. The van der Waals surface area contributed by atoms with Gasteiger partial charge >= 0.3 is 5.97 Å². The molecular weight excluding hydrogens is 348 g/mol. The van der Waals surface area contributed by atoms with E-state index < -0.39 is 11.9 Å². The molecule has 142 valence electrons. The van der Waals surface area contributed by atoms with Crippen molar-refractivity contribution in [2.24, 2.45) is 11.7 Å². The van der Waals surface area contributed by atoms with E-state index in [4.69, 9.17) is 10.5 Å². The topological polar surface area (TPSA) is 115 Å². The van der Waals surface area contributed by atoms with Crippen LogP contribution in [0.15, 0.2) is 18.2 Å². The summed E-state index contributed by atoms with van der Waals surface area (Å²) in [6.07, 6.45) is 1.38. The molecule has 2 aromatic rings. The quantitative estimate of drug-likeness (QED) is 0.807. The monoisotopic (exact) mass is 370 g/mol. The zero-order valence-corrected chi connectivity index (χ0v) is 15.4. The second kappa shape index (κ2) is 7.69. The number of piperidine rings is 1. The molecule has 1 aliphatic heterocycles. The fraction of sp³-hybridized carbons (Fsp3) is 0.421. The number of aromatic nitrogens is 2. The average molecular weight is 370 g/mol. The fourth-order valence-corrected chi connectivity index (χ4v) is 3.10. The van der Waals surface area contributed by atoms with Crippen LogP contribution in [-0.4, -0.2) is 52.3 Å². The number of esters is 1. The van der Waals surface area contributed by atoms with Crippen molar-refractivity contribution in [3.8, 4) is 0 Å². The van der Waals surface area contributed by atoms with Gasteiger partial charge < -0.3 is 15.4 Å². The van der Waals surface area contributed by atoms with Gasteiger partial charge in [0.15, 0.2) is 6.61 Å². The molecule has 0 unspecified atom stereocenters. The van der Waals surface area contributed by atoms with E-state index in [9.17, 15) is 14.4 Å². The van der Waals surface area contributed by atoms with E-state index in [2.05, 4.69) is 9.97 Å². The lowest BCUT2D eigenvalue weighted by Crippen LogP contribution is -2.45. The number of nitrogens with two attached hydrogens (primary N) is 1. The first kappa shape index (κ1) is 18.8. The first-order valence-electron chi connectivity index (χ1n) is 8.84. The number of fused-ring (bicyclic) bond motifs is 1. The lowest BCUT2D eigenvalue weighted by molar-refractivity contribution is -0.137. The molecule has 3 rings (SSSR count). The highest BCUT2D eigenvalue weighted by Crippen LogP contribution is 2.17. The number of primary amides is 1. The van der Waals surface area contributed by atoms with E-state index in [0.717, 1.165) is 11.4 Å². The van der Waals surface area contributed by atoms with E-state index in [0.29, 0.717) is 36.0 Å². The Hall–Kier alpha value is -3.03. The molecule has 8 heteroatoms. The van der Waals surface area contributed by atoms with E-state index in [1.54, 1.807) is 18.2 Å². The predicted molar refractivity (Wildman–Crippen MR) is 97.8 cm³/mol. The van der Waals surface area contributed by atoms with Gasteiger partial charge in [0.25, 0.3) is 5.91 Å². The first-order valence-corrected chi connectivity index (χ1v) is 8.84. The van der Waals surface area contributed by atoms with Crippen molar-refractivity contribution in [3.63, 3.8) is 0 Å². The zero-order chi connectivity index (χ0) is 19.6. The lowest BCUT2D eigenvalue weighted by Gasteiger charge is -2.31. The van der Waals surface area contributed by atoms with E-state index >= 15 is 0 Å². The maximum Gasteiger partial charge on any atom is 0.338 e. The standard InChI is InChI=1S/C19H22N4O4/c1-11-12(2)22-16-8-13(5-6-15(16)21-11)19(26)27-10-17(24)23-7-3-4-14(9-23)18(20)25/h5-6,8,14H,3-4,7,9-10H2,1-2H3,(H2,20,25)/t14-/m1/s1. The maximum atomic E-state index is 12.3. The molecule has 1 aromatic heterocycles. The Morgan fingerprint density at radius 1 is 1.19 bits per heavy atom. The number of benzene rings is 1. The van der Waals surface area contributed by atoms with Crippen molar-refractivity contribution in [2.75, 3.05) is 19.7 Å². The van der Waals surface area contributed by atoms with Crippen molar-refractivity contribution in [1.82, 2.24) is 14.9 Å². The normalized spacial score (nSPS) is 17.0. The molecular formula is C19H22N4O4. The molecule has 2 N–H and O–H groups in total. The molecule has 0 saturated carbocycles. The van der Waals surface area contributed by atoms with Crippen LogP contribution in [0.25, 0.3) is 11.0 Å². The Labute approximate surface area is 156 Å². The van der Waals surface area contributed by atoms with Gasteiger partial charge in [-0.15, -0.1) is 0 Å². The Morgan fingerprint density at radius 3 is 2.59 bits per heavy atom. The molecule has 0 radical (unpaired) electrons. The van der Waals surface area contributed by atoms with Crippen molar-refractivity contribution < 1.29 is 19.1 Å². The summed E-state index contributed by atoms with van der Waals surface area (Å²) in [7, 11) is 0. The van der Waals surface area contributed by atoms with E-state index in [-0.39, 0.29) is 25.0 Å². The number of ether oxygens (including phenoxy) is 1. The minimum Gasteiger partial charge on any atom is -0.452 e. The molecule has 0 aliphatic carbocycles. The number of carbonyl (C=O) groups is 3. The number of amides is 2. The molecule has 0 spiro atoms. The van der Waals surface area contributed by atoms with Crippen LogP contribution < -0.4 is 5.73 Å². The minimum atomic E-state index is -0.603. The minimum absolute atomic E-state index is 0.274. The van der Waals surface area contributed by atoms with Crippen LogP contribution >= 0.6 is 0 Å². The summed E-state index contributed by atoms with van der Waals surface area (Å²) in [5.41, 5.74) is 8.54. The SMILES string of the molecule is Cc1nc2ccc(C(=O)OCC(=O)N3CCC[C@@H](C(N)=O)C3)cc2nc1C. The Balaban J connectivity index is 1.63. The smallest absolute Gasteiger partial charge is 0.338 e. The summed E-state index contributed by atoms with van der Waals surface area (Å²) in [5, 5.41) is 0. The zero-order valence-electron chi connectivity index (χ0n) is 15.4. The third-order valence-corrected chi connectivity index (χ3v) is 4.81. The van der Waals surface area contributed by atoms with Gasteiger partial charge in [0.1, 0.15) is 0 Å². The van der Waals surface area contributed by atoms with Gasteiger partial charge in [0, 0.05) is 13.1 Å². The highest BCUT2D eigenvalue weighted by molar-refractivity contribution is 5.94. The second-order valence-corrected chi connectivity index (χ2v) is 6.76. The van der Waals surface area contributed by atoms with E-state index in [1.165, 1.54) is 4.90 Å². The van der Waals surface area contributed by atoms with Crippen LogP contribution in [-0.2, 0) is 14.3 Å². The van der Waals surface area contributed by atoms with Crippen molar-refractivity contribution in [3.05, 3.63) is 35.2 Å². The predicted octanol–water partition coefficient (Wildman–Crippen LogP) is 1.13. The molecule has 1 saturated heterocycles. The van der Waals surface area contributed by atoms with E-state index in [1.807, 2.05) is 13.8 Å². The molecule has 1 fully saturated rings. The van der Waals surface area contributed by atoms with Crippen LogP contribution in [0.5, 0.6) is 0 Å². The van der Waals surface area contributed by atoms with Gasteiger partial charge in [-0.25, -0.2) is 14.8 Å². The van der Waals surface area contributed by atoms with Crippen LogP contribution in [0.1, 0.15) is 34.6 Å². The lowest BCUT2D eigenvalue weighted by atomic mass is 9.97. The van der Waals surface area contributed by atoms with Crippen molar-refractivity contribution in [1.29, 1.82) is 0 Å². The summed E-state index contributed by atoms with van der Waals surface area (Å²) in [6.45, 7) is 4.16. The maximum absolute atomic E-state index is 12.3. The summed E-state index contributed by atoms with van der Waals surface area (Å²) >= 11 is 0. The van der Waals surface area contributed by atoms with Gasteiger partial charge in [0.05, 0.1) is 33.9 Å². The van der Waals surface area contributed by atoms with Crippen LogP contribution in [0.3, 0.4) is 0 Å². The largest absolute Gasteiger partial charge is 0.452 e. The molecule has 27 heavy (non-hydrogen) atoms. The third-order valence-electron chi connectivity index (χ3n) is 4.81. The molecule has 1 atom stereocenters. The first-order chi connectivity index (χ1) is 12.8.